The molecule has 0 unspecified atom stereocenters. The van der Waals surface area contributed by atoms with E-state index >= 15 is 0 Å². The molecule has 0 heterocycles. The number of ether oxygens (including phenoxy) is 2. The number of nitrogens with zero attached hydrogens (tertiary/aromatic N) is 1. The maximum absolute atomic E-state index is 13.5. The fourth-order valence-electron chi connectivity index (χ4n) is 3.84. The number of carbonyl (C=O) groups is 1. The summed E-state index contributed by atoms with van der Waals surface area (Å²) in [5.41, 5.74) is 1.30. The van der Waals surface area contributed by atoms with Crippen LogP contribution in [0.15, 0.2) is 48.5 Å². The van der Waals surface area contributed by atoms with Crippen molar-refractivity contribution in [2.45, 2.75) is 39.8 Å². The minimum Gasteiger partial charge on any atom is -0.497 e. The van der Waals surface area contributed by atoms with E-state index < -0.39 is 15.4 Å². The predicted molar refractivity (Wildman–Crippen MR) is 121 cm³/mol. The van der Waals surface area contributed by atoms with Crippen molar-refractivity contribution in [1.82, 2.24) is 4.31 Å². The van der Waals surface area contributed by atoms with E-state index in [-0.39, 0.29) is 30.5 Å². The Morgan fingerprint density at radius 2 is 1.29 bits per heavy atom. The van der Waals surface area contributed by atoms with Gasteiger partial charge in [-0.1, -0.05) is 38.1 Å². The van der Waals surface area contributed by atoms with Gasteiger partial charge in [0.25, 0.3) is 0 Å². The third kappa shape index (κ3) is 5.86. The van der Waals surface area contributed by atoms with E-state index in [9.17, 15) is 13.2 Å². The van der Waals surface area contributed by atoms with Gasteiger partial charge in [0.2, 0.25) is 10.0 Å². The molecule has 0 spiro atoms. The Morgan fingerprint density at radius 1 is 0.871 bits per heavy atom. The second-order valence-electron chi connectivity index (χ2n) is 8.85. The molecule has 1 fully saturated rings. The number of Topliss-reactive ketones (excluding diaryl/α,β-unsaturated/α-hetero) is 1. The zero-order valence-corrected chi connectivity index (χ0v) is 19.4. The van der Waals surface area contributed by atoms with Crippen LogP contribution >= 0.6 is 0 Å². The van der Waals surface area contributed by atoms with E-state index in [1.54, 1.807) is 14.2 Å². The first-order valence-corrected chi connectivity index (χ1v) is 12.0. The number of rotatable bonds is 10. The fourth-order valence-corrected chi connectivity index (χ4v) is 5.89. The molecule has 1 aliphatic carbocycles. The molecule has 0 aromatic heterocycles. The monoisotopic (exact) mass is 445 g/mol. The Kier molecular flexibility index (Phi) is 7.06. The van der Waals surface area contributed by atoms with Crippen LogP contribution in [0.5, 0.6) is 11.5 Å². The summed E-state index contributed by atoms with van der Waals surface area (Å²) in [6.07, 6.45) is 0.943. The fraction of sp³-hybridized carbons (Fsp3) is 0.458. The summed E-state index contributed by atoms with van der Waals surface area (Å²) >= 11 is 0. The summed E-state index contributed by atoms with van der Waals surface area (Å²) in [4.78, 5) is 11.5. The maximum atomic E-state index is 13.5. The average molecular weight is 446 g/mol. The SMILES string of the molecule is COc1ccc(CN(Cc2ccc(OC)cc2)S(=O)(=O)CC(C)(C)C2CC(=O)C2)cc1. The average Bonchev–Trinajstić information content (AvgIpc) is 2.71. The number of benzene rings is 2. The van der Waals surface area contributed by atoms with E-state index in [2.05, 4.69) is 0 Å². The summed E-state index contributed by atoms with van der Waals surface area (Å²) in [5.74, 6) is 1.78. The van der Waals surface area contributed by atoms with Gasteiger partial charge in [0.1, 0.15) is 17.3 Å². The van der Waals surface area contributed by atoms with Crippen LogP contribution in [0.4, 0.5) is 0 Å². The third-order valence-electron chi connectivity index (χ3n) is 6.04. The Balaban J connectivity index is 1.84. The van der Waals surface area contributed by atoms with E-state index in [1.807, 2.05) is 62.4 Å². The van der Waals surface area contributed by atoms with Gasteiger partial charge < -0.3 is 9.47 Å². The molecule has 31 heavy (non-hydrogen) atoms. The molecule has 0 atom stereocenters. The number of methoxy groups -OCH3 is 2. The zero-order valence-electron chi connectivity index (χ0n) is 18.6. The molecule has 7 heteroatoms. The number of sulfonamides is 1. The largest absolute Gasteiger partial charge is 0.497 e. The van der Waals surface area contributed by atoms with E-state index in [4.69, 9.17) is 9.47 Å². The van der Waals surface area contributed by atoms with Gasteiger partial charge in [0, 0.05) is 25.9 Å². The highest BCUT2D eigenvalue weighted by molar-refractivity contribution is 7.89. The molecule has 2 aromatic carbocycles. The Labute approximate surface area is 185 Å². The molecule has 6 nitrogen and oxygen atoms in total. The van der Waals surface area contributed by atoms with Gasteiger partial charge in [-0.25, -0.2) is 8.42 Å². The van der Waals surface area contributed by atoms with Crippen LogP contribution in [-0.4, -0.2) is 38.5 Å². The first-order valence-electron chi connectivity index (χ1n) is 10.4. The maximum Gasteiger partial charge on any atom is 0.215 e. The molecule has 168 valence electrons. The summed E-state index contributed by atoms with van der Waals surface area (Å²) in [6.45, 7) is 4.41. The highest BCUT2D eigenvalue weighted by Gasteiger charge is 2.42. The van der Waals surface area contributed by atoms with Crippen molar-refractivity contribution >= 4 is 15.8 Å². The molecule has 2 aromatic rings. The third-order valence-corrected chi connectivity index (χ3v) is 8.19. The van der Waals surface area contributed by atoms with Gasteiger partial charge in [0.05, 0.1) is 20.0 Å². The first kappa shape index (κ1) is 23.3. The topological polar surface area (TPSA) is 72.9 Å². The molecule has 0 amide bonds. The van der Waals surface area contributed by atoms with Gasteiger partial charge in [-0.2, -0.15) is 4.31 Å². The minimum atomic E-state index is -3.59. The molecule has 1 aliphatic rings. The molecule has 3 rings (SSSR count). The Morgan fingerprint density at radius 3 is 1.65 bits per heavy atom. The van der Waals surface area contributed by atoms with E-state index in [0.29, 0.717) is 12.8 Å². The molecule has 0 radical (unpaired) electrons. The van der Waals surface area contributed by atoms with Crippen molar-refractivity contribution < 1.29 is 22.7 Å². The summed E-state index contributed by atoms with van der Waals surface area (Å²) in [6, 6.07) is 14.8. The number of carbonyl (C=O) groups excluding carboxylic acids is 1. The van der Waals surface area contributed by atoms with Crippen molar-refractivity contribution in [1.29, 1.82) is 0 Å². The van der Waals surface area contributed by atoms with Crippen LogP contribution in [-0.2, 0) is 27.9 Å². The smallest absolute Gasteiger partial charge is 0.215 e. The van der Waals surface area contributed by atoms with Crippen molar-refractivity contribution in [3.05, 3.63) is 59.7 Å². The highest BCUT2D eigenvalue weighted by atomic mass is 32.2. The van der Waals surface area contributed by atoms with Gasteiger partial charge in [-0.05, 0) is 46.7 Å². The standard InChI is InChI=1S/C24H31NO5S/c1-24(2,20-13-21(26)14-20)17-31(27,28)25(15-18-5-9-22(29-3)10-6-18)16-19-7-11-23(30-4)12-8-19/h5-12,20H,13-17H2,1-4H3. The Bertz CT molecular complexity index is 940. The normalized spacial score (nSPS) is 15.1. The number of hydrogen-bond acceptors (Lipinski definition) is 5. The lowest BCUT2D eigenvalue weighted by atomic mass is 9.68. The first-order chi connectivity index (χ1) is 14.6. The van der Waals surface area contributed by atoms with Crippen molar-refractivity contribution in [3.63, 3.8) is 0 Å². The second kappa shape index (κ2) is 9.40. The molecule has 0 aliphatic heterocycles. The van der Waals surface area contributed by atoms with Gasteiger partial charge in [-0.3, -0.25) is 4.79 Å². The molecule has 0 bridgehead atoms. The molecular weight excluding hydrogens is 414 g/mol. The van der Waals surface area contributed by atoms with Crippen molar-refractivity contribution in [2.24, 2.45) is 11.3 Å². The molecule has 1 saturated carbocycles. The zero-order chi connectivity index (χ0) is 22.6. The van der Waals surface area contributed by atoms with Gasteiger partial charge >= 0.3 is 0 Å². The Hall–Kier alpha value is -2.38. The van der Waals surface area contributed by atoms with Gasteiger partial charge in [0.15, 0.2) is 0 Å². The minimum absolute atomic E-state index is 0.00422. The number of hydrogen-bond donors (Lipinski definition) is 0. The molecule has 0 saturated heterocycles. The number of ketones is 1. The lowest BCUT2D eigenvalue weighted by molar-refractivity contribution is -0.129. The molecular formula is C24H31NO5S. The van der Waals surface area contributed by atoms with Crippen LogP contribution in [0.2, 0.25) is 0 Å². The van der Waals surface area contributed by atoms with E-state index in [1.165, 1.54) is 4.31 Å². The summed E-state index contributed by atoms with van der Waals surface area (Å²) in [5, 5.41) is 0. The van der Waals surface area contributed by atoms with Crippen LogP contribution in [0.3, 0.4) is 0 Å². The second-order valence-corrected chi connectivity index (χ2v) is 10.8. The van der Waals surface area contributed by atoms with Crippen molar-refractivity contribution in [2.75, 3.05) is 20.0 Å². The lowest BCUT2D eigenvalue weighted by Crippen LogP contribution is -2.44. The summed E-state index contributed by atoms with van der Waals surface area (Å²) < 4.78 is 39.0. The van der Waals surface area contributed by atoms with Crippen LogP contribution in [0, 0.1) is 11.3 Å². The van der Waals surface area contributed by atoms with Crippen LogP contribution in [0.1, 0.15) is 37.8 Å². The summed E-state index contributed by atoms with van der Waals surface area (Å²) in [7, 11) is -0.387. The predicted octanol–water partition coefficient (Wildman–Crippen LogP) is 4.04. The van der Waals surface area contributed by atoms with Gasteiger partial charge in [-0.15, -0.1) is 0 Å². The quantitative estimate of drug-likeness (QED) is 0.552. The molecule has 0 N–H and O–H groups in total. The van der Waals surface area contributed by atoms with Crippen LogP contribution < -0.4 is 9.47 Å². The van der Waals surface area contributed by atoms with E-state index in [0.717, 1.165) is 22.6 Å². The highest BCUT2D eigenvalue weighted by Crippen LogP contribution is 2.41. The van der Waals surface area contributed by atoms with Crippen LogP contribution in [0.25, 0.3) is 0 Å². The van der Waals surface area contributed by atoms with Crippen molar-refractivity contribution in [3.8, 4) is 11.5 Å². The lowest BCUT2D eigenvalue weighted by Gasteiger charge is -2.40.